The Hall–Kier alpha value is -1.00. The van der Waals surface area contributed by atoms with Gasteiger partial charge in [-0.2, -0.15) is 0 Å². The van der Waals surface area contributed by atoms with E-state index in [9.17, 15) is 4.79 Å². The molecule has 1 aliphatic rings. The van der Waals surface area contributed by atoms with Crippen molar-refractivity contribution in [3.63, 3.8) is 0 Å². The molecule has 0 aliphatic carbocycles. The van der Waals surface area contributed by atoms with Crippen LogP contribution in [0.25, 0.3) is 0 Å². The van der Waals surface area contributed by atoms with Crippen LogP contribution in [0.1, 0.15) is 25.3 Å². The molecule has 104 valence electrons. The fourth-order valence-corrected chi connectivity index (χ4v) is 3.64. The number of nitrogens with one attached hydrogen (secondary N) is 1. The van der Waals surface area contributed by atoms with E-state index in [4.69, 9.17) is 4.74 Å². The highest BCUT2D eigenvalue weighted by Gasteiger charge is 2.27. The van der Waals surface area contributed by atoms with Gasteiger partial charge in [0, 0.05) is 23.1 Å². The fraction of sp³-hybridized carbons (Fsp3) is 0.533. The molecule has 0 spiro atoms. The molecular formula is C15H21NO2S. The van der Waals surface area contributed by atoms with Crippen molar-refractivity contribution in [2.24, 2.45) is 5.92 Å². The number of carbonyl (C=O) groups is 1. The summed E-state index contributed by atoms with van der Waals surface area (Å²) < 4.78 is 4.85. The summed E-state index contributed by atoms with van der Waals surface area (Å²) in [5, 5.41) is 3.36. The molecule has 0 aromatic heterocycles. The summed E-state index contributed by atoms with van der Waals surface area (Å²) in [4.78, 5) is 13.1. The number of ether oxygens (including phenoxy) is 1. The van der Waals surface area contributed by atoms with Crippen LogP contribution in [0.4, 0.5) is 0 Å². The topological polar surface area (TPSA) is 38.3 Å². The van der Waals surface area contributed by atoms with Gasteiger partial charge in [-0.15, -0.1) is 11.8 Å². The Morgan fingerprint density at radius 3 is 2.89 bits per heavy atom. The highest BCUT2D eigenvalue weighted by atomic mass is 32.2. The molecule has 1 N–H and O–H groups in total. The third kappa shape index (κ3) is 3.31. The number of hydrogen-bond acceptors (Lipinski definition) is 4. The molecule has 0 bridgehead atoms. The van der Waals surface area contributed by atoms with Crippen molar-refractivity contribution in [2.45, 2.75) is 30.7 Å². The highest BCUT2D eigenvalue weighted by Crippen LogP contribution is 2.38. The predicted molar refractivity (Wildman–Crippen MR) is 78.6 cm³/mol. The molecule has 2 unspecified atom stereocenters. The summed E-state index contributed by atoms with van der Waals surface area (Å²) in [5.74, 6) is 1.62. The highest BCUT2D eigenvalue weighted by molar-refractivity contribution is 7.99. The zero-order valence-electron chi connectivity index (χ0n) is 11.7. The van der Waals surface area contributed by atoms with E-state index in [0.717, 1.165) is 12.3 Å². The van der Waals surface area contributed by atoms with Gasteiger partial charge in [-0.1, -0.05) is 32.0 Å². The summed E-state index contributed by atoms with van der Waals surface area (Å²) in [6, 6.07) is 8.29. The summed E-state index contributed by atoms with van der Waals surface area (Å²) in [6.07, 6.45) is 0. The normalized spacial score (nSPS) is 19.3. The van der Waals surface area contributed by atoms with E-state index in [-0.39, 0.29) is 17.9 Å². The molecule has 1 aromatic carbocycles. The monoisotopic (exact) mass is 279 g/mol. The second kappa shape index (κ2) is 6.44. The van der Waals surface area contributed by atoms with Gasteiger partial charge in [-0.05, 0) is 17.5 Å². The van der Waals surface area contributed by atoms with Crippen LogP contribution >= 0.6 is 11.8 Å². The first-order valence-corrected chi connectivity index (χ1v) is 7.65. The molecule has 1 aromatic rings. The lowest BCUT2D eigenvalue weighted by atomic mass is 9.99. The van der Waals surface area contributed by atoms with E-state index in [2.05, 4.69) is 29.6 Å². The van der Waals surface area contributed by atoms with Gasteiger partial charge in [-0.3, -0.25) is 4.79 Å². The minimum Gasteiger partial charge on any atom is -0.468 e. The van der Waals surface area contributed by atoms with Gasteiger partial charge < -0.3 is 10.1 Å². The number of esters is 1. The van der Waals surface area contributed by atoms with Gasteiger partial charge in [0.25, 0.3) is 0 Å². The third-order valence-corrected chi connectivity index (χ3v) is 4.76. The van der Waals surface area contributed by atoms with E-state index >= 15 is 0 Å². The lowest BCUT2D eigenvalue weighted by Gasteiger charge is -2.22. The Balaban J connectivity index is 1.97. The minimum atomic E-state index is -0.220. The molecule has 0 saturated heterocycles. The first kappa shape index (κ1) is 14.4. The molecule has 0 fully saturated rings. The van der Waals surface area contributed by atoms with Crippen molar-refractivity contribution >= 4 is 17.7 Å². The van der Waals surface area contributed by atoms with Crippen LogP contribution in [0.3, 0.4) is 0 Å². The number of methoxy groups -OCH3 is 1. The van der Waals surface area contributed by atoms with Crippen molar-refractivity contribution in [3.8, 4) is 0 Å². The molecular weight excluding hydrogens is 258 g/mol. The van der Waals surface area contributed by atoms with Crippen LogP contribution < -0.4 is 5.32 Å². The summed E-state index contributed by atoms with van der Waals surface area (Å²) in [6.45, 7) is 4.89. The zero-order chi connectivity index (χ0) is 13.8. The van der Waals surface area contributed by atoms with E-state index < -0.39 is 0 Å². The average Bonchev–Trinajstić information content (AvgIpc) is 2.82. The Bertz CT molecular complexity index is 448. The zero-order valence-corrected chi connectivity index (χ0v) is 12.5. The maximum Gasteiger partial charge on any atom is 0.323 e. The Morgan fingerprint density at radius 2 is 2.21 bits per heavy atom. The lowest BCUT2D eigenvalue weighted by molar-refractivity contribution is -0.144. The van der Waals surface area contributed by atoms with Crippen molar-refractivity contribution in [1.82, 2.24) is 5.32 Å². The smallest absolute Gasteiger partial charge is 0.323 e. The number of thioether (sulfide) groups is 1. The predicted octanol–water partition coefficient (Wildman–Crippen LogP) is 2.66. The first-order valence-electron chi connectivity index (χ1n) is 6.66. The summed E-state index contributed by atoms with van der Waals surface area (Å²) in [5.41, 5.74) is 1.40. The number of carbonyl (C=O) groups excluding carboxylic acids is 1. The molecule has 19 heavy (non-hydrogen) atoms. The average molecular weight is 279 g/mol. The van der Waals surface area contributed by atoms with Gasteiger partial charge in [0.15, 0.2) is 0 Å². The van der Waals surface area contributed by atoms with Crippen molar-refractivity contribution in [3.05, 3.63) is 29.8 Å². The lowest BCUT2D eigenvalue weighted by Crippen LogP contribution is -2.43. The van der Waals surface area contributed by atoms with Crippen LogP contribution in [0, 0.1) is 5.92 Å². The van der Waals surface area contributed by atoms with E-state index in [1.165, 1.54) is 17.6 Å². The third-order valence-electron chi connectivity index (χ3n) is 3.50. The maximum atomic E-state index is 11.7. The molecule has 1 aliphatic heterocycles. The molecule has 2 rings (SSSR count). The van der Waals surface area contributed by atoms with Gasteiger partial charge in [0.05, 0.1) is 7.11 Å². The minimum absolute atomic E-state index is 0.172. The first-order chi connectivity index (χ1) is 9.13. The molecule has 0 saturated carbocycles. The van der Waals surface area contributed by atoms with Gasteiger partial charge in [0.1, 0.15) is 6.04 Å². The number of benzene rings is 1. The SMILES string of the molecule is COC(=O)C(NCC1CSc2ccccc21)C(C)C. The number of hydrogen-bond donors (Lipinski definition) is 1. The Kier molecular flexibility index (Phi) is 4.88. The van der Waals surface area contributed by atoms with Crippen LogP contribution in [0.2, 0.25) is 0 Å². The second-order valence-corrected chi connectivity index (χ2v) is 6.26. The van der Waals surface area contributed by atoms with Gasteiger partial charge in [0.2, 0.25) is 0 Å². The van der Waals surface area contributed by atoms with Crippen LogP contribution in [0.15, 0.2) is 29.2 Å². The quantitative estimate of drug-likeness (QED) is 0.841. The molecule has 0 radical (unpaired) electrons. The van der Waals surface area contributed by atoms with Gasteiger partial charge >= 0.3 is 5.97 Å². The standard InChI is InChI=1S/C15H21NO2S/c1-10(2)14(15(17)18-3)16-8-11-9-19-13-7-5-4-6-12(11)13/h4-7,10-11,14,16H,8-9H2,1-3H3. The summed E-state index contributed by atoms with van der Waals surface area (Å²) >= 11 is 1.89. The maximum absolute atomic E-state index is 11.7. The van der Waals surface area contributed by atoms with Crippen molar-refractivity contribution in [2.75, 3.05) is 19.4 Å². The second-order valence-electron chi connectivity index (χ2n) is 5.20. The van der Waals surface area contributed by atoms with E-state index in [1.807, 2.05) is 25.6 Å². The number of fused-ring (bicyclic) bond motifs is 1. The Labute approximate surface area is 119 Å². The fourth-order valence-electron chi connectivity index (χ4n) is 2.39. The van der Waals surface area contributed by atoms with Crippen molar-refractivity contribution < 1.29 is 9.53 Å². The Morgan fingerprint density at radius 1 is 1.47 bits per heavy atom. The molecule has 4 heteroatoms. The van der Waals surface area contributed by atoms with E-state index in [1.54, 1.807) is 0 Å². The molecule has 2 atom stereocenters. The molecule has 0 amide bonds. The van der Waals surface area contributed by atoms with Crippen LogP contribution in [0.5, 0.6) is 0 Å². The number of rotatable bonds is 5. The van der Waals surface area contributed by atoms with Crippen LogP contribution in [-0.4, -0.2) is 31.4 Å². The van der Waals surface area contributed by atoms with Crippen molar-refractivity contribution in [1.29, 1.82) is 0 Å². The molecule has 1 heterocycles. The van der Waals surface area contributed by atoms with E-state index in [0.29, 0.717) is 5.92 Å². The van der Waals surface area contributed by atoms with Crippen LogP contribution in [-0.2, 0) is 9.53 Å². The summed E-state index contributed by atoms with van der Waals surface area (Å²) in [7, 11) is 1.44. The molecule has 3 nitrogen and oxygen atoms in total. The largest absolute Gasteiger partial charge is 0.468 e. The van der Waals surface area contributed by atoms with Gasteiger partial charge in [-0.25, -0.2) is 0 Å².